The van der Waals surface area contributed by atoms with Gasteiger partial charge in [0.1, 0.15) is 11.4 Å². The first kappa shape index (κ1) is 13.3. The van der Waals surface area contributed by atoms with E-state index in [1.54, 1.807) is 37.4 Å². The Labute approximate surface area is 113 Å². The summed E-state index contributed by atoms with van der Waals surface area (Å²) in [6.07, 6.45) is 3.33. The Hall–Kier alpha value is -2.15. The van der Waals surface area contributed by atoms with Crippen LogP contribution in [0.4, 0.5) is 0 Å². The van der Waals surface area contributed by atoms with Gasteiger partial charge in [-0.05, 0) is 43.0 Å². The van der Waals surface area contributed by atoms with Crippen LogP contribution in [0.5, 0.6) is 5.75 Å². The quantitative estimate of drug-likeness (QED) is 0.674. The van der Waals surface area contributed by atoms with Crippen LogP contribution < -0.4 is 5.56 Å². The van der Waals surface area contributed by atoms with Gasteiger partial charge in [-0.3, -0.25) is 4.79 Å². The van der Waals surface area contributed by atoms with E-state index < -0.39 is 0 Å². The third-order valence-electron chi connectivity index (χ3n) is 2.37. The van der Waals surface area contributed by atoms with Gasteiger partial charge in [-0.25, -0.2) is 0 Å². The highest BCUT2D eigenvalue weighted by Crippen LogP contribution is 2.09. The lowest BCUT2D eigenvalue weighted by molar-refractivity contribution is 0.475. The molecule has 1 aromatic carbocycles. The van der Waals surface area contributed by atoms with Crippen molar-refractivity contribution >= 4 is 18.0 Å². The number of phenols is 1. The van der Waals surface area contributed by atoms with Gasteiger partial charge < -0.3 is 5.11 Å². The molecule has 7 heteroatoms. The van der Waals surface area contributed by atoms with E-state index in [2.05, 4.69) is 15.3 Å². The molecule has 0 aliphatic heterocycles. The standard InChI is InChI=1S/C12H12N4O2S/c1-8-11(18)16(12(19-2)15-14-8)13-7-9-3-5-10(17)6-4-9/h3-7,17H,1-2H3/b13-7-. The first-order valence-corrected chi connectivity index (χ1v) is 6.68. The van der Waals surface area contributed by atoms with E-state index >= 15 is 0 Å². The molecule has 6 nitrogen and oxygen atoms in total. The minimum Gasteiger partial charge on any atom is -0.508 e. The van der Waals surface area contributed by atoms with Gasteiger partial charge in [-0.15, -0.1) is 10.2 Å². The van der Waals surface area contributed by atoms with E-state index in [1.165, 1.54) is 22.7 Å². The van der Waals surface area contributed by atoms with Gasteiger partial charge in [-0.2, -0.15) is 9.78 Å². The van der Waals surface area contributed by atoms with E-state index in [-0.39, 0.29) is 11.3 Å². The van der Waals surface area contributed by atoms with Crippen LogP contribution in [0.3, 0.4) is 0 Å². The zero-order valence-corrected chi connectivity index (χ0v) is 11.3. The number of phenolic OH excluding ortho intramolecular Hbond substituents is 1. The van der Waals surface area contributed by atoms with Crippen molar-refractivity contribution in [3.63, 3.8) is 0 Å². The van der Waals surface area contributed by atoms with Crippen LogP contribution in [-0.4, -0.2) is 32.5 Å². The zero-order valence-electron chi connectivity index (χ0n) is 10.4. The summed E-state index contributed by atoms with van der Waals surface area (Å²) >= 11 is 1.29. The summed E-state index contributed by atoms with van der Waals surface area (Å²) in [7, 11) is 0. The van der Waals surface area contributed by atoms with Crippen molar-refractivity contribution in [2.45, 2.75) is 12.1 Å². The number of aromatic hydroxyl groups is 1. The second-order valence-corrected chi connectivity index (χ2v) is 4.50. The number of thioether (sulfide) groups is 1. The molecular formula is C12H12N4O2S. The van der Waals surface area contributed by atoms with Crippen molar-refractivity contribution in [1.29, 1.82) is 0 Å². The van der Waals surface area contributed by atoms with Crippen molar-refractivity contribution in [2.75, 3.05) is 6.26 Å². The van der Waals surface area contributed by atoms with E-state index in [0.29, 0.717) is 10.9 Å². The normalized spacial score (nSPS) is 11.1. The summed E-state index contributed by atoms with van der Waals surface area (Å²) in [6, 6.07) is 6.50. The Morgan fingerprint density at radius 2 is 2.00 bits per heavy atom. The topological polar surface area (TPSA) is 80.4 Å². The molecule has 2 aromatic rings. The molecule has 0 spiro atoms. The number of aryl methyl sites for hydroxylation is 1. The first-order chi connectivity index (χ1) is 9.11. The molecule has 0 bridgehead atoms. The number of rotatable bonds is 3. The lowest BCUT2D eigenvalue weighted by Crippen LogP contribution is -2.23. The first-order valence-electron chi connectivity index (χ1n) is 5.45. The molecule has 0 fully saturated rings. The van der Waals surface area contributed by atoms with Gasteiger partial charge in [0.05, 0.1) is 6.21 Å². The summed E-state index contributed by atoms with van der Waals surface area (Å²) in [4.78, 5) is 11.9. The summed E-state index contributed by atoms with van der Waals surface area (Å²) < 4.78 is 1.21. The molecule has 19 heavy (non-hydrogen) atoms. The molecule has 0 atom stereocenters. The van der Waals surface area contributed by atoms with E-state index in [0.717, 1.165) is 5.56 Å². The zero-order chi connectivity index (χ0) is 13.8. The van der Waals surface area contributed by atoms with Crippen molar-refractivity contribution in [2.24, 2.45) is 5.10 Å². The second kappa shape index (κ2) is 5.66. The highest BCUT2D eigenvalue weighted by molar-refractivity contribution is 7.98. The van der Waals surface area contributed by atoms with Crippen molar-refractivity contribution in [3.8, 4) is 5.75 Å². The van der Waals surface area contributed by atoms with Crippen LogP contribution in [0.25, 0.3) is 0 Å². The maximum atomic E-state index is 11.9. The monoisotopic (exact) mass is 276 g/mol. The van der Waals surface area contributed by atoms with Gasteiger partial charge >= 0.3 is 0 Å². The predicted molar refractivity (Wildman–Crippen MR) is 73.9 cm³/mol. The van der Waals surface area contributed by atoms with Gasteiger partial charge in [-0.1, -0.05) is 11.8 Å². The largest absolute Gasteiger partial charge is 0.508 e. The van der Waals surface area contributed by atoms with Gasteiger partial charge in [0.25, 0.3) is 5.56 Å². The van der Waals surface area contributed by atoms with E-state index in [9.17, 15) is 9.90 Å². The van der Waals surface area contributed by atoms with Crippen LogP contribution in [0.15, 0.2) is 39.3 Å². The summed E-state index contributed by atoms with van der Waals surface area (Å²) in [5, 5.41) is 21.4. The summed E-state index contributed by atoms with van der Waals surface area (Å²) in [5.74, 6) is 0.181. The third-order valence-corrected chi connectivity index (χ3v) is 2.99. The van der Waals surface area contributed by atoms with Crippen LogP contribution in [0, 0.1) is 6.92 Å². The van der Waals surface area contributed by atoms with Gasteiger partial charge in [0, 0.05) is 0 Å². The fourth-order valence-corrected chi connectivity index (χ4v) is 1.78. The van der Waals surface area contributed by atoms with Crippen LogP contribution in [0.2, 0.25) is 0 Å². The second-order valence-electron chi connectivity index (χ2n) is 3.73. The SMILES string of the molecule is CSc1nnc(C)c(=O)n1/N=C\c1ccc(O)cc1. The van der Waals surface area contributed by atoms with Crippen LogP contribution >= 0.6 is 11.8 Å². The number of hydrogen-bond acceptors (Lipinski definition) is 6. The smallest absolute Gasteiger partial charge is 0.296 e. The maximum Gasteiger partial charge on any atom is 0.296 e. The van der Waals surface area contributed by atoms with Gasteiger partial charge in [0.2, 0.25) is 5.16 Å². The minimum atomic E-state index is -0.297. The van der Waals surface area contributed by atoms with E-state index in [4.69, 9.17) is 0 Å². The van der Waals surface area contributed by atoms with E-state index in [1.807, 2.05) is 0 Å². The molecule has 2 rings (SSSR count). The average Bonchev–Trinajstić information content (AvgIpc) is 2.42. The average molecular weight is 276 g/mol. The number of nitrogens with zero attached hydrogens (tertiary/aromatic N) is 4. The van der Waals surface area contributed by atoms with Crippen LogP contribution in [0.1, 0.15) is 11.3 Å². The Bertz CT molecular complexity index is 664. The van der Waals surface area contributed by atoms with Crippen LogP contribution in [-0.2, 0) is 0 Å². The molecule has 0 amide bonds. The summed E-state index contributed by atoms with van der Waals surface area (Å²) in [5.41, 5.74) is 0.765. The lowest BCUT2D eigenvalue weighted by atomic mass is 10.2. The lowest BCUT2D eigenvalue weighted by Gasteiger charge is -2.03. The Morgan fingerprint density at radius 1 is 1.32 bits per heavy atom. The molecule has 0 unspecified atom stereocenters. The third kappa shape index (κ3) is 3.00. The highest BCUT2D eigenvalue weighted by atomic mass is 32.2. The highest BCUT2D eigenvalue weighted by Gasteiger charge is 2.06. The Morgan fingerprint density at radius 3 is 2.63 bits per heavy atom. The molecule has 0 aliphatic carbocycles. The Kier molecular flexibility index (Phi) is 3.96. The molecule has 1 aromatic heterocycles. The minimum absolute atomic E-state index is 0.181. The number of hydrogen-bond donors (Lipinski definition) is 1. The fourth-order valence-electron chi connectivity index (χ4n) is 1.36. The maximum absolute atomic E-state index is 11.9. The molecule has 1 heterocycles. The van der Waals surface area contributed by atoms with Gasteiger partial charge in [0.15, 0.2) is 0 Å². The molecule has 0 radical (unpaired) electrons. The number of benzene rings is 1. The fraction of sp³-hybridized carbons (Fsp3) is 0.167. The molecule has 0 aliphatic rings. The molecule has 1 N–H and O–H groups in total. The molecule has 0 saturated carbocycles. The Balaban J connectivity index is 2.40. The molecule has 98 valence electrons. The summed E-state index contributed by atoms with van der Waals surface area (Å²) in [6.45, 7) is 1.59. The van der Waals surface area contributed by atoms with Crippen molar-refractivity contribution in [3.05, 3.63) is 45.9 Å². The van der Waals surface area contributed by atoms with Crippen molar-refractivity contribution in [1.82, 2.24) is 14.9 Å². The number of aromatic nitrogens is 3. The molecule has 0 saturated heterocycles. The predicted octanol–water partition coefficient (Wildman–Crippen LogP) is 1.26. The van der Waals surface area contributed by atoms with Crippen molar-refractivity contribution < 1.29 is 5.11 Å². The molecular weight excluding hydrogens is 264 g/mol.